The minimum atomic E-state index is -0.784. The molecule has 4 amide bonds. The fourth-order valence-electron chi connectivity index (χ4n) is 1.65. The highest BCUT2D eigenvalue weighted by atomic mass is 16.2. The Hall–Kier alpha value is -2.16. The van der Waals surface area contributed by atoms with Crippen LogP contribution in [0.25, 0.3) is 0 Å². The molecule has 6 N–H and O–H groups in total. The number of primary amides is 1. The van der Waals surface area contributed by atoms with Gasteiger partial charge in [0.05, 0.1) is 19.6 Å². The number of amides is 4. The first-order valence-corrected chi connectivity index (χ1v) is 7.03. The summed E-state index contributed by atoms with van der Waals surface area (Å²) in [6.07, 6.45) is 0.404. The van der Waals surface area contributed by atoms with Crippen LogP contribution in [0, 0.1) is 5.92 Å². The summed E-state index contributed by atoms with van der Waals surface area (Å²) in [7, 11) is 1.61. The molecule has 0 radical (unpaired) electrons. The molecule has 1 atom stereocenters. The Bertz CT molecular complexity index is 411. The molecule has 9 nitrogen and oxygen atoms in total. The van der Waals surface area contributed by atoms with Gasteiger partial charge in [-0.15, -0.1) is 0 Å². The largest absolute Gasteiger partial charge is 0.368 e. The van der Waals surface area contributed by atoms with Crippen LogP contribution in [0.2, 0.25) is 0 Å². The van der Waals surface area contributed by atoms with Crippen molar-refractivity contribution < 1.29 is 19.2 Å². The second-order valence-electron chi connectivity index (χ2n) is 5.24. The highest BCUT2D eigenvalue weighted by molar-refractivity contribution is 5.91. The summed E-state index contributed by atoms with van der Waals surface area (Å²) < 4.78 is 0. The van der Waals surface area contributed by atoms with Gasteiger partial charge in [0.2, 0.25) is 23.6 Å². The lowest BCUT2D eigenvalue weighted by molar-refractivity contribution is -0.130. The van der Waals surface area contributed by atoms with E-state index in [0.29, 0.717) is 6.42 Å². The molecule has 0 fully saturated rings. The van der Waals surface area contributed by atoms with Crippen molar-refractivity contribution in [1.82, 2.24) is 21.3 Å². The van der Waals surface area contributed by atoms with E-state index in [9.17, 15) is 19.2 Å². The number of nitrogens with two attached hydrogens (primary N) is 1. The molecule has 0 aromatic carbocycles. The van der Waals surface area contributed by atoms with E-state index in [2.05, 4.69) is 21.3 Å². The van der Waals surface area contributed by atoms with Crippen LogP contribution in [0.3, 0.4) is 0 Å². The molecule has 0 aliphatic carbocycles. The number of hydrogen-bond donors (Lipinski definition) is 5. The zero-order chi connectivity index (χ0) is 17.1. The van der Waals surface area contributed by atoms with Gasteiger partial charge in [-0.05, 0) is 19.4 Å². The lowest BCUT2D eigenvalue weighted by Gasteiger charge is -2.20. The van der Waals surface area contributed by atoms with Gasteiger partial charge in [-0.2, -0.15) is 0 Å². The molecule has 0 bridgehead atoms. The van der Waals surface area contributed by atoms with E-state index in [1.54, 1.807) is 7.05 Å². The topological polar surface area (TPSA) is 142 Å². The summed E-state index contributed by atoms with van der Waals surface area (Å²) in [6.45, 7) is 3.38. The van der Waals surface area contributed by atoms with E-state index in [4.69, 9.17) is 5.73 Å². The van der Waals surface area contributed by atoms with Crippen LogP contribution < -0.4 is 27.0 Å². The summed E-state index contributed by atoms with van der Waals surface area (Å²) in [5.41, 5.74) is 4.96. The van der Waals surface area contributed by atoms with Gasteiger partial charge in [0.1, 0.15) is 6.04 Å². The number of hydrogen-bond acceptors (Lipinski definition) is 5. The first-order valence-electron chi connectivity index (χ1n) is 7.03. The van der Waals surface area contributed by atoms with E-state index in [1.165, 1.54) is 0 Å². The van der Waals surface area contributed by atoms with Crippen LogP contribution in [-0.4, -0.2) is 56.4 Å². The second-order valence-corrected chi connectivity index (χ2v) is 5.24. The molecule has 0 rings (SSSR count). The molecule has 0 aromatic heterocycles. The van der Waals surface area contributed by atoms with Gasteiger partial charge in [-0.25, -0.2) is 0 Å². The first kappa shape index (κ1) is 19.8. The summed E-state index contributed by atoms with van der Waals surface area (Å²) in [6, 6.07) is -0.784. The standard InChI is InChI=1S/C13H25N5O4/c1-8(2)4-9(13(22)17-5-10(14)19)18-12(21)7-16-11(20)6-15-3/h8-9,15H,4-7H2,1-3H3,(H2,14,19)(H,16,20)(H,17,22)(H,18,21). The quantitative estimate of drug-likeness (QED) is 0.302. The fraction of sp³-hybridized carbons (Fsp3) is 0.692. The Kier molecular flexibility index (Phi) is 9.51. The molecule has 0 aliphatic heterocycles. The fourth-order valence-corrected chi connectivity index (χ4v) is 1.65. The van der Waals surface area contributed by atoms with Gasteiger partial charge >= 0.3 is 0 Å². The van der Waals surface area contributed by atoms with Crippen LogP contribution >= 0.6 is 0 Å². The number of rotatable bonds is 10. The monoisotopic (exact) mass is 315 g/mol. The van der Waals surface area contributed by atoms with Crippen LogP contribution in [0.5, 0.6) is 0 Å². The SMILES string of the molecule is CNCC(=O)NCC(=O)NC(CC(C)C)C(=O)NCC(N)=O. The van der Waals surface area contributed by atoms with Crippen molar-refractivity contribution in [3.05, 3.63) is 0 Å². The predicted octanol–water partition coefficient (Wildman–Crippen LogP) is -2.55. The Balaban J connectivity index is 4.44. The molecule has 22 heavy (non-hydrogen) atoms. The van der Waals surface area contributed by atoms with Gasteiger partial charge in [-0.3, -0.25) is 19.2 Å². The minimum Gasteiger partial charge on any atom is -0.368 e. The molecule has 0 saturated heterocycles. The van der Waals surface area contributed by atoms with E-state index in [1.807, 2.05) is 13.8 Å². The van der Waals surface area contributed by atoms with Crippen LogP contribution in [-0.2, 0) is 19.2 Å². The summed E-state index contributed by atoms with van der Waals surface area (Å²) in [5.74, 6) is -1.80. The van der Waals surface area contributed by atoms with Crippen molar-refractivity contribution >= 4 is 23.6 Å². The normalized spacial score (nSPS) is 11.6. The van der Waals surface area contributed by atoms with Crippen molar-refractivity contribution in [1.29, 1.82) is 0 Å². The third-order valence-electron chi connectivity index (χ3n) is 2.58. The lowest BCUT2D eigenvalue weighted by Crippen LogP contribution is -2.51. The molecule has 0 aliphatic rings. The third-order valence-corrected chi connectivity index (χ3v) is 2.58. The maximum Gasteiger partial charge on any atom is 0.243 e. The van der Waals surface area contributed by atoms with E-state index >= 15 is 0 Å². The summed E-state index contributed by atoms with van der Waals surface area (Å²) >= 11 is 0. The molecular weight excluding hydrogens is 290 g/mol. The van der Waals surface area contributed by atoms with Crippen LogP contribution in [0.4, 0.5) is 0 Å². The summed E-state index contributed by atoms with van der Waals surface area (Å²) in [5, 5.41) is 9.95. The van der Waals surface area contributed by atoms with Gasteiger partial charge < -0.3 is 27.0 Å². The maximum atomic E-state index is 11.9. The zero-order valence-corrected chi connectivity index (χ0v) is 13.2. The average molecular weight is 315 g/mol. The van der Waals surface area contributed by atoms with Crippen LogP contribution in [0.1, 0.15) is 20.3 Å². The smallest absolute Gasteiger partial charge is 0.243 e. The van der Waals surface area contributed by atoms with E-state index < -0.39 is 23.8 Å². The van der Waals surface area contributed by atoms with Crippen molar-refractivity contribution in [2.45, 2.75) is 26.3 Å². The molecule has 126 valence electrons. The number of carbonyl (C=O) groups excluding carboxylic acids is 4. The Labute approximate surface area is 129 Å². The highest BCUT2D eigenvalue weighted by Gasteiger charge is 2.22. The Morgan fingerprint density at radius 2 is 1.59 bits per heavy atom. The summed E-state index contributed by atoms with van der Waals surface area (Å²) in [4.78, 5) is 45.6. The second kappa shape index (κ2) is 10.6. The number of carbonyl (C=O) groups is 4. The number of nitrogens with one attached hydrogen (secondary N) is 4. The Morgan fingerprint density at radius 1 is 0.955 bits per heavy atom. The van der Waals surface area contributed by atoms with Gasteiger partial charge in [0.25, 0.3) is 0 Å². The van der Waals surface area contributed by atoms with Gasteiger partial charge in [0, 0.05) is 0 Å². The average Bonchev–Trinajstić information content (AvgIpc) is 2.41. The van der Waals surface area contributed by atoms with Crippen molar-refractivity contribution in [2.75, 3.05) is 26.7 Å². The zero-order valence-electron chi connectivity index (χ0n) is 13.2. The van der Waals surface area contributed by atoms with Crippen molar-refractivity contribution in [3.8, 4) is 0 Å². The number of likely N-dealkylation sites (N-methyl/N-ethyl adjacent to an activating group) is 1. The molecule has 0 spiro atoms. The third kappa shape index (κ3) is 9.70. The minimum absolute atomic E-state index is 0.0990. The maximum absolute atomic E-state index is 11.9. The molecule has 0 saturated carbocycles. The Morgan fingerprint density at radius 3 is 2.09 bits per heavy atom. The molecule has 0 aromatic rings. The lowest BCUT2D eigenvalue weighted by atomic mass is 10.0. The van der Waals surface area contributed by atoms with E-state index in [-0.39, 0.29) is 31.5 Å². The molecule has 0 heterocycles. The van der Waals surface area contributed by atoms with E-state index in [0.717, 1.165) is 0 Å². The molecule has 9 heteroatoms. The van der Waals surface area contributed by atoms with Crippen LogP contribution in [0.15, 0.2) is 0 Å². The molecular formula is C13H25N5O4. The van der Waals surface area contributed by atoms with Gasteiger partial charge in [-0.1, -0.05) is 13.8 Å². The van der Waals surface area contributed by atoms with Crippen molar-refractivity contribution in [3.63, 3.8) is 0 Å². The molecule has 1 unspecified atom stereocenters. The first-order chi connectivity index (χ1) is 10.3. The predicted molar refractivity (Wildman–Crippen MR) is 80.5 cm³/mol. The van der Waals surface area contributed by atoms with Gasteiger partial charge in [0.15, 0.2) is 0 Å². The highest BCUT2D eigenvalue weighted by Crippen LogP contribution is 2.04. The van der Waals surface area contributed by atoms with Crippen molar-refractivity contribution in [2.24, 2.45) is 11.7 Å².